The van der Waals surface area contributed by atoms with Gasteiger partial charge in [-0.15, -0.1) is 24.0 Å². The van der Waals surface area contributed by atoms with Crippen LogP contribution in [0.4, 0.5) is 5.82 Å². The molecule has 4 rings (SSSR count). The number of nitrogens with zero attached hydrogens (tertiary/aromatic N) is 5. The number of halogens is 2. The Bertz CT molecular complexity index is 993. The second kappa shape index (κ2) is 11.3. The summed E-state index contributed by atoms with van der Waals surface area (Å²) in [6.07, 6.45) is 8.32. The Morgan fingerprint density at radius 3 is 2.87 bits per heavy atom. The van der Waals surface area contributed by atoms with Crippen molar-refractivity contribution in [3.8, 4) is 5.69 Å². The largest absolute Gasteiger partial charge is 0.357 e. The molecule has 0 bridgehead atoms. The lowest BCUT2D eigenvalue weighted by molar-refractivity contribution is 0.648. The Morgan fingerprint density at radius 2 is 2.10 bits per heavy atom. The monoisotopic (exact) mass is 551 g/mol. The molecule has 9 heteroatoms. The van der Waals surface area contributed by atoms with E-state index < -0.39 is 0 Å². The minimum Gasteiger partial charge on any atom is -0.357 e. The van der Waals surface area contributed by atoms with Crippen LogP contribution in [0.3, 0.4) is 0 Å². The fraction of sp³-hybridized carbons (Fsp3) is 0.318. The van der Waals surface area contributed by atoms with Gasteiger partial charge in [-0.3, -0.25) is 0 Å². The van der Waals surface area contributed by atoms with Gasteiger partial charge in [-0.1, -0.05) is 29.8 Å². The van der Waals surface area contributed by atoms with Gasteiger partial charge in [0.25, 0.3) is 0 Å². The molecule has 0 radical (unpaired) electrons. The van der Waals surface area contributed by atoms with Gasteiger partial charge in [0.2, 0.25) is 0 Å². The fourth-order valence-electron chi connectivity index (χ4n) is 3.66. The van der Waals surface area contributed by atoms with E-state index >= 15 is 0 Å². The minimum absolute atomic E-state index is 0. The predicted octanol–water partition coefficient (Wildman–Crippen LogP) is 3.87. The van der Waals surface area contributed by atoms with E-state index in [9.17, 15) is 0 Å². The summed E-state index contributed by atoms with van der Waals surface area (Å²) in [6.45, 7) is 5.21. The van der Waals surface area contributed by atoms with Crippen molar-refractivity contribution in [2.75, 3.05) is 24.5 Å². The molecule has 1 atom stereocenters. The first-order valence-electron chi connectivity index (χ1n) is 10.2. The van der Waals surface area contributed by atoms with Crippen molar-refractivity contribution in [1.82, 2.24) is 25.2 Å². The normalized spacial score (nSPS) is 16.1. The zero-order valence-corrected chi connectivity index (χ0v) is 20.5. The van der Waals surface area contributed by atoms with Crippen molar-refractivity contribution in [2.24, 2.45) is 4.99 Å². The fourth-order valence-corrected chi connectivity index (χ4v) is 3.90. The molecule has 3 aromatic rings. The van der Waals surface area contributed by atoms with Crippen LogP contribution in [-0.4, -0.2) is 46.2 Å². The van der Waals surface area contributed by atoms with Crippen LogP contribution >= 0.6 is 35.6 Å². The molecular formula is C22H27ClIN7. The second-order valence-electron chi connectivity index (χ2n) is 7.18. The SMILES string of the molecule is CCNC(=NCc1ccccc1-n1ccnc1)NC1CCN(c2ncccc2Cl)C1.I. The number of rotatable bonds is 6. The second-order valence-corrected chi connectivity index (χ2v) is 7.59. The first-order valence-corrected chi connectivity index (χ1v) is 10.6. The highest BCUT2D eigenvalue weighted by Crippen LogP contribution is 2.25. The topological polar surface area (TPSA) is 70.4 Å². The molecule has 0 aliphatic carbocycles. The molecule has 31 heavy (non-hydrogen) atoms. The molecule has 2 aromatic heterocycles. The zero-order chi connectivity index (χ0) is 20.8. The number of guanidine groups is 1. The summed E-state index contributed by atoms with van der Waals surface area (Å²) in [4.78, 5) is 15.6. The number of aromatic nitrogens is 3. The Morgan fingerprint density at radius 1 is 1.23 bits per heavy atom. The number of benzene rings is 1. The molecular weight excluding hydrogens is 525 g/mol. The van der Waals surface area contributed by atoms with E-state index in [2.05, 4.69) is 44.6 Å². The van der Waals surface area contributed by atoms with Gasteiger partial charge in [-0.2, -0.15) is 0 Å². The van der Waals surface area contributed by atoms with Crippen molar-refractivity contribution >= 4 is 47.4 Å². The summed E-state index contributed by atoms with van der Waals surface area (Å²) in [5.41, 5.74) is 2.23. The Labute approximate surface area is 205 Å². The van der Waals surface area contributed by atoms with Gasteiger partial charge < -0.3 is 20.1 Å². The van der Waals surface area contributed by atoms with Crippen molar-refractivity contribution in [2.45, 2.75) is 25.9 Å². The quantitative estimate of drug-likeness (QED) is 0.277. The summed E-state index contributed by atoms with van der Waals surface area (Å²) in [5.74, 6) is 1.66. The average molecular weight is 552 g/mol. The summed E-state index contributed by atoms with van der Waals surface area (Å²) in [7, 11) is 0. The zero-order valence-electron chi connectivity index (χ0n) is 17.4. The number of aliphatic imine (C=N–C) groups is 1. The molecule has 1 fully saturated rings. The van der Waals surface area contributed by atoms with E-state index in [0.29, 0.717) is 11.6 Å². The summed E-state index contributed by atoms with van der Waals surface area (Å²) in [5, 5.41) is 7.62. The van der Waals surface area contributed by atoms with E-state index in [-0.39, 0.29) is 30.0 Å². The number of anilines is 1. The smallest absolute Gasteiger partial charge is 0.191 e. The first kappa shape index (κ1) is 23.3. The number of para-hydroxylation sites is 1. The van der Waals surface area contributed by atoms with Crippen LogP contribution in [0, 0.1) is 0 Å². The third-order valence-electron chi connectivity index (χ3n) is 5.09. The van der Waals surface area contributed by atoms with Gasteiger partial charge in [-0.05, 0) is 37.1 Å². The van der Waals surface area contributed by atoms with Crippen LogP contribution < -0.4 is 15.5 Å². The molecule has 1 aliphatic rings. The van der Waals surface area contributed by atoms with Crippen LogP contribution in [-0.2, 0) is 6.54 Å². The molecule has 2 N–H and O–H groups in total. The van der Waals surface area contributed by atoms with Crippen molar-refractivity contribution in [3.63, 3.8) is 0 Å². The third-order valence-corrected chi connectivity index (χ3v) is 5.39. The highest BCUT2D eigenvalue weighted by molar-refractivity contribution is 14.0. The maximum Gasteiger partial charge on any atom is 0.191 e. The van der Waals surface area contributed by atoms with Gasteiger partial charge in [0.1, 0.15) is 5.82 Å². The minimum atomic E-state index is 0. The number of pyridine rings is 1. The van der Waals surface area contributed by atoms with Crippen molar-refractivity contribution in [3.05, 3.63) is 71.9 Å². The highest BCUT2D eigenvalue weighted by Gasteiger charge is 2.25. The van der Waals surface area contributed by atoms with E-state index in [1.807, 2.05) is 41.4 Å². The van der Waals surface area contributed by atoms with Crippen molar-refractivity contribution in [1.29, 1.82) is 0 Å². The standard InChI is InChI=1S/C22H26ClN7.HI/c1-2-25-22(27-14-17-6-3-4-8-20(17)30-13-11-24-16-30)28-18-9-12-29(15-18)21-19(23)7-5-10-26-21;/h3-8,10-11,13,16,18H,2,9,12,14-15H2,1H3,(H2,25,27,28);1H. The number of hydrogen-bond acceptors (Lipinski definition) is 4. The van der Waals surface area contributed by atoms with Gasteiger partial charge in [0.15, 0.2) is 5.96 Å². The van der Waals surface area contributed by atoms with Gasteiger partial charge in [0.05, 0.1) is 23.6 Å². The molecule has 7 nitrogen and oxygen atoms in total. The molecule has 0 amide bonds. The number of hydrogen-bond donors (Lipinski definition) is 2. The Balaban J connectivity index is 0.00000272. The maximum atomic E-state index is 6.32. The van der Waals surface area contributed by atoms with E-state index in [4.69, 9.17) is 16.6 Å². The van der Waals surface area contributed by atoms with E-state index in [0.717, 1.165) is 49.1 Å². The van der Waals surface area contributed by atoms with Crippen LogP contribution in [0.15, 0.2) is 66.3 Å². The summed E-state index contributed by atoms with van der Waals surface area (Å²) in [6, 6.07) is 12.3. The lowest BCUT2D eigenvalue weighted by Crippen LogP contribution is -2.44. The van der Waals surface area contributed by atoms with Crippen LogP contribution in [0.2, 0.25) is 5.02 Å². The predicted molar refractivity (Wildman–Crippen MR) is 137 cm³/mol. The van der Waals surface area contributed by atoms with Crippen molar-refractivity contribution < 1.29 is 0 Å². The van der Waals surface area contributed by atoms with E-state index in [1.54, 1.807) is 12.4 Å². The highest BCUT2D eigenvalue weighted by atomic mass is 127. The third kappa shape index (κ3) is 5.88. The van der Waals surface area contributed by atoms with Crippen LogP contribution in [0.5, 0.6) is 0 Å². The van der Waals surface area contributed by atoms with Crippen LogP contribution in [0.25, 0.3) is 5.69 Å². The molecule has 1 saturated heterocycles. The maximum absolute atomic E-state index is 6.32. The average Bonchev–Trinajstić information content (AvgIpc) is 3.45. The van der Waals surface area contributed by atoms with Gasteiger partial charge >= 0.3 is 0 Å². The summed E-state index contributed by atoms with van der Waals surface area (Å²) >= 11 is 6.32. The molecule has 1 aromatic carbocycles. The summed E-state index contributed by atoms with van der Waals surface area (Å²) < 4.78 is 2.01. The number of nitrogens with one attached hydrogen (secondary N) is 2. The van der Waals surface area contributed by atoms with Crippen LogP contribution in [0.1, 0.15) is 18.9 Å². The van der Waals surface area contributed by atoms with E-state index in [1.165, 1.54) is 0 Å². The Kier molecular flexibility index (Phi) is 8.53. The molecule has 1 aliphatic heterocycles. The number of imidazole rings is 1. The molecule has 3 heterocycles. The Hall–Kier alpha value is -2.33. The molecule has 0 spiro atoms. The lowest BCUT2D eigenvalue weighted by atomic mass is 10.2. The molecule has 0 saturated carbocycles. The first-order chi connectivity index (χ1) is 14.7. The molecule has 1 unspecified atom stereocenters. The molecule has 164 valence electrons. The van der Waals surface area contributed by atoms with Gasteiger partial charge in [0, 0.05) is 44.3 Å². The van der Waals surface area contributed by atoms with Gasteiger partial charge in [-0.25, -0.2) is 15.0 Å². The lowest BCUT2D eigenvalue weighted by Gasteiger charge is -2.20.